The van der Waals surface area contributed by atoms with Gasteiger partial charge in [-0.2, -0.15) is 0 Å². The minimum Gasteiger partial charge on any atom is -0.314 e. The molecule has 2 heterocycles. The molecule has 0 spiro atoms. The van der Waals surface area contributed by atoms with Crippen LogP contribution in [0.2, 0.25) is 0 Å². The van der Waals surface area contributed by atoms with Crippen molar-refractivity contribution in [2.75, 3.05) is 46.3 Å². The van der Waals surface area contributed by atoms with Gasteiger partial charge >= 0.3 is 0 Å². The Balaban J connectivity index is 1.76. The van der Waals surface area contributed by atoms with Crippen LogP contribution in [0.1, 0.15) is 19.3 Å². The van der Waals surface area contributed by atoms with E-state index in [2.05, 4.69) is 22.2 Å². The molecule has 0 bridgehead atoms. The minimum atomic E-state index is 0.821. The fraction of sp³-hybridized carbons (Fsp3) is 1.00. The highest BCUT2D eigenvalue weighted by atomic mass is 15.2. The molecule has 2 aliphatic rings. The van der Waals surface area contributed by atoms with Gasteiger partial charge in [-0.3, -0.25) is 4.90 Å². The summed E-state index contributed by atoms with van der Waals surface area (Å²) < 4.78 is 0. The van der Waals surface area contributed by atoms with Crippen LogP contribution >= 0.6 is 0 Å². The lowest BCUT2D eigenvalue weighted by atomic mass is 10.0. The van der Waals surface area contributed by atoms with Gasteiger partial charge in [-0.25, -0.2) is 0 Å². The second kappa shape index (κ2) is 5.10. The summed E-state index contributed by atoms with van der Waals surface area (Å²) in [6.07, 6.45) is 4.23. The van der Waals surface area contributed by atoms with Gasteiger partial charge in [0.2, 0.25) is 0 Å². The van der Waals surface area contributed by atoms with E-state index in [-0.39, 0.29) is 0 Å². The molecule has 0 saturated carbocycles. The Bertz CT molecular complexity index is 166. The Morgan fingerprint density at radius 2 is 1.93 bits per heavy atom. The summed E-state index contributed by atoms with van der Waals surface area (Å²) in [6.45, 7) is 7.43. The molecule has 2 aliphatic heterocycles. The van der Waals surface area contributed by atoms with E-state index in [9.17, 15) is 0 Å². The van der Waals surface area contributed by atoms with E-state index in [0.29, 0.717) is 0 Å². The summed E-state index contributed by atoms with van der Waals surface area (Å²) in [6, 6.07) is 0.821. The Labute approximate surface area is 87.4 Å². The maximum Gasteiger partial charge on any atom is 0.0220 e. The van der Waals surface area contributed by atoms with E-state index < -0.39 is 0 Å². The van der Waals surface area contributed by atoms with Gasteiger partial charge in [-0.1, -0.05) is 6.42 Å². The first-order valence-corrected chi connectivity index (χ1v) is 5.99. The number of likely N-dealkylation sites (N-methyl/N-ethyl adjacent to an activating group) is 1. The number of hydrogen-bond acceptors (Lipinski definition) is 3. The Kier molecular flexibility index (Phi) is 3.79. The van der Waals surface area contributed by atoms with Gasteiger partial charge in [-0.05, 0) is 26.4 Å². The fourth-order valence-electron chi connectivity index (χ4n) is 2.57. The second-order valence-corrected chi connectivity index (χ2v) is 4.68. The van der Waals surface area contributed by atoms with Crippen LogP contribution in [0.4, 0.5) is 0 Å². The number of piperazine rings is 1. The molecule has 2 fully saturated rings. The molecule has 1 N–H and O–H groups in total. The molecule has 0 radical (unpaired) electrons. The Hall–Kier alpha value is -0.120. The predicted molar refractivity (Wildman–Crippen MR) is 59.6 cm³/mol. The first kappa shape index (κ1) is 10.4. The standard InChI is InChI=1S/C11H23N3/c1-13-7-3-2-4-11(13)10-14-8-5-12-6-9-14/h11-12H,2-10H2,1H3. The zero-order valence-corrected chi connectivity index (χ0v) is 9.34. The zero-order chi connectivity index (χ0) is 9.80. The summed E-state index contributed by atoms with van der Waals surface area (Å²) in [5.74, 6) is 0. The summed E-state index contributed by atoms with van der Waals surface area (Å²) in [5.41, 5.74) is 0. The summed E-state index contributed by atoms with van der Waals surface area (Å²) in [4.78, 5) is 5.16. The molecule has 0 aromatic heterocycles. The van der Waals surface area contributed by atoms with Crippen molar-refractivity contribution in [2.45, 2.75) is 25.3 Å². The van der Waals surface area contributed by atoms with Crippen molar-refractivity contribution in [2.24, 2.45) is 0 Å². The molecule has 0 amide bonds. The van der Waals surface area contributed by atoms with Crippen LogP contribution in [0.15, 0.2) is 0 Å². The monoisotopic (exact) mass is 197 g/mol. The molecule has 0 aliphatic carbocycles. The lowest BCUT2D eigenvalue weighted by molar-refractivity contribution is 0.121. The van der Waals surface area contributed by atoms with Crippen molar-refractivity contribution in [3.63, 3.8) is 0 Å². The van der Waals surface area contributed by atoms with E-state index in [1.165, 1.54) is 58.5 Å². The molecule has 0 aromatic rings. The number of likely N-dealkylation sites (tertiary alicyclic amines) is 1. The van der Waals surface area contributed by atoms with E-state index in [1.807, 2.05) is 0 Å². The lowest BCUT2D eigenvalue weighted by Gasteiger charge is -2.37. The van der Waals surface area contributed by atoms with Crippen LogP contribution in [0.5, 0.6) is 0 Å². The van der Waals surface area contributed by atoms with Crippen LogP contribution in [-0.4, -0.2) is 62.2 Å². The van der Waals surface area contributed by atoms with E-state index in [1.54, 1.807) is 0 Å². The zero-order valence-electron chi connectivity index (χ0n) is 9.34. The first-order valence-electron chi connectivity index (χ1n) is 5.99. The van der Waals surface area contributed by atoms with Crippen LogP contribution < -0.4 is 5.32 Å². The molecule has 82 valence electrons. The summed E-state index contributed by atoms with van der Waals surface area (Å²) in [5, 5.41) is 3.41. The van der Waals surface area contributed by atoms with Gasteiger partial charge in [0.05, 0.1) is 0 Å². The quantitative estimate of drug-likeness (QED) is 0.690. The van der Waals surface area contributed by atoms with E-state index in [4.69, 9.17) is 0 Å². The van der Waals surface area contributed by atoms with E-state index >= 15 is 0 Å². The lowest BCUT2D eigenvalue weighted by Crippen LogP contribution is -2.50. The third-order valence-corrected chi connectivity index (χ3v) is 3.60. The Morgan fingerprint density at radius 3 is 2.64 bits per heavy atom. The van der Waals surface area contributed by atoms with Crippen molar-refractivity contribution >= 4 is 0 Å². The molecule has 3 nitrogen and oxygen atoms in total. The largest absolute Gasteiger partial charge is 0.314 e. The van der Waals surface area contributed by atoms with Gasteiger partial charge in [0.15, 0.2) is 0 Å². The number of nitrogens with one attached hydrogen (secondary N) is 1. The van der Waals surface area contributed by atoms with Crippen molar-refractivity contribution in [1.82, 2.24) is 15.1 Å². The average molecular weight is 197 g/mol. The van der Waals surface area contributed by atoms with E-state index in [0.717, 1.165) is 6.04 Å². The third-order valence-electron chi connectivity index (χ3n) is 3.60. The van der Waals surface area contributed by atoms with Gasteiger partial charge < -0.3 is 10.2 Å². The number of nitrogens with zero attached hydrogens (tertiary/aromatic N) is 2. The fourth-order valence-corrected chi connectivity index (χ4v) is 2.57. The number of piperidine rings is 1. The molecule has 1 atom stereocenters. The molecule has 1 unspecified atom stereocenters. The highest BCUT2D eigenvalue weighted by molar-refractivity contribution is 4.79. The smallest absolute Gasteiger partial charge is 0.0220 e. The topological polar surface area (TPSA) is 18.5 Å². The molecular formula is C11H23N3. The molecular weight excluding hydrogens is 174 g/mol. The van der Waals surface area contributed by atoms with Crippen LogP contribution in [0.3, 0.4) is 0 Å². The molecule has 0 aromatic carbocycles. The van der Waals surface area contributed by atoms with Crippen LogP contribution in [-0.2, 0) is 0 Å². The van der Waals surface area contributed by atoms with Gasteiger partial charge in [0.25, 0.3) is 0 Å². The SMILES string of the molecule is CN1CCCCC1CN1CCNCC1. The first-order chi connectivity index (χ1) is 6.86. The molecule has 2 saturated heterocycles. The highest BCUT2D eigenvalue weighted by Gasteiger charge is 2.21. The van der Waals surface area contributed by atoms with Crippen molar-refractivity contribution in [1.29, 1.82) is 0 Å². The number of hydrogen-bond donors (Lipinski definition) is 1. The highest BCUT2D eigenvalue weighted by Crippen LogP contribution is 2.16. The van der Waals surface area contributed by atoms with Crippen LogP contribution in [0.25, 0.3) is 0 Å². The predicted octanol–water partition coefficient (Wildman–Crippen LogP) is 0.376. The molecule has 14 heavy (non-hydrogen) atoms. The summed E-state index contributed by atoms with van der Waals surface area (Å²) in [7, 11) is 2.28. The normalized spacial score (nSPS) is 31.9. The van der Waals surface area contributed by atoms with Crippen molar-refractivity contribution in [3.05, 3.63) is 0 Å². The Morgan fingerprint density at radius 1 is 1.14 bits per heavy atom. The van der Waals surface area contributed by atoms with Crippen molar-refractivity contribution in [3.8, 4) is 0 Å². The van der Waals surface area contributed by atoms with Gasteiger partial charge in [0, 0.05) is 38.8 Å². The van der Waals surface area contributed by atoms with Crippen molar-refractivity contribution < 1.29 is 0 Å². The maximum absolute atomic E-state index is 3.41. The van der Waals surface area contributed by atoms with Gasteiger partial charge in [0.1, 0.15) is 0 Å². The number of rotatable bonds is 2. The minimum absolute atomic E-state index is 0.821. The van der Waals surface area contributed by atoms with Gasteiger partial charge in [-0.15, -0.1) is 0 Å². The molecule has 2 rings (SSSR count). The molecule has 3 heteroatoms. The second-order valence-electron chi connectivity index (χ2n) is 4.68. The third kappa shape index (κ3) is 2.69. The average Bonchev–Trinajstić information content (AvgIpc) is 2.23. The summed E-state index contributed by atoms with van der Waals surface area (Å²) >= 11 is 0. The van der Waals surface area contributed by atoms with Crippen LogP contribution in [0, 0.1) is 0 Å². The maximum atomic E-state index is 3.41.